The third-order valence-electron chi connectivity index (χ3n) is 2.12. The smallest absolute Gasteiger partial charge is 0.124 e. The Balaban J connectivity index is 2.62. The minimum Gasteiger partial charge on any atom is -0.303 e. The minimum absolute atomic E-state index is 0.474. The Hall–Kier alpha value is -1.64. The van der Waals surface area contributed by atoms with Crippen molar-refractivity contribution in [3.05, 3.63) is 29.5 Å². The number of aromatic amines is 1. The van der Waals surface area contributed by atoms with Gasteiger partial charge in [0.2, 0.25) is 0 Å². The Labute approximate surface area is 75.8 Å². The zero-order chi connectivity index (χ0) is 9.26. The van der Waals surface area contributed by atoms with Crippen LogP contribution in [0.25, 0.3) is 10.9 Å². The van der Waals surface area contributed by atoms with E-state index in [4.69, 9.17) is 0 Å². The van der Waals surface area contributed by atoms with Crippen LogP contribution in [0.4, 0.5) is 0 Å². The van der Waals surface area contributed by atoms with E-state index < -0.39 is 0 Å². The number of aryl methyl sites for hydroxylation is 1. The van der Waals surface area contributed by atoms with E-state index in [0.29, 0.717) is 6.42 Å². The van der Waals surface area contributed by atoms with Gasteiger partial charge in [0.15, 0.2) is 0 Å². The molecule has 0 radical (unpaired) electrons. The number of rotatable bonds is 2. The van der Waals surface area contributed by atoms with Gasteiger partial charge in [-0.05, 0) is 24.1 Å². The van der Waals surface area contributed by atoms with Crippen molar-refractivity contribution in [2.24, 2.45) is 0 Å². The van der Waals surface area contributed by atoms with Gasteiger partial charge in [-0.1, -0.05) is 6.07 Å². The highest BCUT2D eigenvalue weighted by Gasteiger charge is 2.01. The zero-order valence-electron chi connectivity index (χ0n) is 7.37. The second-order valence-electron chi connectivity index (χ2n) is 3.12. The summed E-state index contributed by atoms with van der Waals surface area (Å²) in [6, 6.07) is 4.00. The van der Waals surface area contributed by atoms with Gasteiger partial charge in [0.25, 0.3) is 0 Å². The van der Waals surface area contributed by atoms with Crippen LogP contribution in [0.1, 0.15) is 11.1 Å². The molecule has 1 aromatic heterocycles. The average Bonchev–Trinajstić information content (AvgIpc) is 2.53. The Morgan fingerprint density at radius 3 is 3.15 bits per heavy atom. The number of hydrogen-bond acceptors (Lipinski definition) is 2. The fourth-order valence-electron chi connectivity index (χ4n) is 1.53. The molecule has 0 bridgehead atoms. The van der Waals surface area contributed by atoms with Gasteiger partial charge in [-0.25, -0.2) is 0 Å². The molecule has 3 nitrogen and oxygen atoms in total. The van der Waals surface area contributed by atoms with Crippen LogP contribution in [0.5, 0.6) is 0 Å². The Morgan fingerprint density at radius 1 is 1.54 bits per heavy atom. The second kappa shape index (κ2) is 3.01. The van der Waals surface area contributed by atoms with Crippen molar-refractivity contribution in [2.45, 2.75) is 13.3 Å². The highest BCUT2D eigenvalue weighted by atomic mass is 16.1. The average molecular weight is 174 g/mol. The van der Waals surface area contributed by atoms with Crippen LogP contribution in [0.2, 0.25) is 0 Å². The van der Waals surface area contributed by atoms with Gasteiger partial charge in [0.1, 0.15) is 6.29 Å². The standard InChI is InChI=1S/C10H10N2O/c1-7-4-8(2-3-13)5-9-6-11-12-10(7)9/h3-6H,2H2,1H3,(H,11,12). The summed E-state index contributed by atoms with van der Waals surface area (Å²) in [5, 5.41) is 7.94. The third kappa shape index (κ3) is 1.33. The van der Waals surface area contributed by atoms with Gasteiger partial charge in [-0.3, -0.25) is 5.10 Å². The van der Waals surface area contributed by atoms with Crippen molar-refractivity contribution >= 4 is 17.2 Å². The predicted molar refractivity (Wildman–Crippen MR) is 50.6 cm³/mol. The summed E-state index contributed by atoms with van der Waals surface area (Å²) in [6.45, 7) is 2.01. The van der Waals surface area contributed by atoms with Crippen LogP contribution >= 0.6 is 0 Å². The molecule has 1 aromatic carbocycles. The first-order chi connectivity index (χ1) is 6.31. The molecule has 0 saturated carbocycles. The molecule has 0 aliphatic carbocycles. The molecular weight excluding hydrogens is 164 g/mol. The maximum atomic E-state index is 10.3. The number of aldehydes is 1. The molecule has 0 spiro atoms. The molecule has 0 atom stereocenters. The second-order valence-corrected chi connectivity index (χ2v) is 3.12. The van der Waals surface area contributed by atoms with Crippen LogP contribution in [-0.2, 0) is 11.2 Å². The van der Waals surface area contributed by atoms with Gasteiger partial charge in [-0.2, -0.15) is 5.10 Å². The highest BCUT2D eigenvalue weighted by molar-refractivity contribution is 5.82. The summed E-state index contributed by atoms with van der Waals surface area (Å²) in [5.41, 5.74) is 3.22. The molecule has 0 aliphatic rings. The Kier molecular flexibility index (Phi) is 1.85. The molecule has 0 aliphatic heterocycles. The lowest BCUT2D eigenvalue weighted by molar-refractivity contribution is -0.107. The molecule has 1 heterocycles. The molecule has 0 saturated heterocycles. The summed E-state index contributed by atoms with van der Waals surface area (Å²) < 4.78 is 0. The number of hydrogen-bond donors (Lipinski definition) is 1. The molecule has 3 heteroatoms. The highest BCUT2D eigenvalue weighted by Crippen LogP contribution is 2.17. The number of aromatic nitrogens is 2. The summed E-state index contributed by atoms with van der Waals surface area (Å²) in [5.74, 6) is 0. The van der Waals surface area contributed by atoms with Crippen LogP contribution < -0.4 is 0 Å². The van der Waals surface area contributed by atoms with E-state index in [1.54, 1.807) is 6.20 Å². The number of carbonyl (C=O) groups excluding carboxylic acids is 1. The molecule has 0 amide bonds. The first kappa shape index (κ1) is 7.98. The first-order valence-corrected chi connectivity index (χ1v) is 4.17. The van der Waals surface area contributed by atoms with E-state index in [1.165, 1.54) is 0 Å². The van der Waals surface area contributed by atoms with E-state index in [9.17, 15) is 4.79 Å². The number of carbonyl (C=O) groups is 1. The largest absolute Gasteiger partial charge is 0.303 e. The zero-order valence-corrected chi connectivity index (χ0v) is 7.37. The van der Waals surface area contributed by atoms with Gasteiger partial charge >= 0.3 is 0 Å². The van der Waals surface area contributed by atoms with Gasteiger partial charge < -0.3 is 4.79 Å². The predicted octanol–water partition coefficient (Wildman–Crippen LogP) is 1.61. The normalized spacial score (nSPS) is 10.5. The quantitative estimate of drug-likeness (QED) is 0.703. The summed E-state index contributed by atoms with van der Waals surface area (Å²) >= 11 is 0. The first-order valence-electron chi connectivity index (χ1n) is 4.17. The van der Waals surface area contributed by atoms with E-state index >= 15 is 0 Å². The number of nitrogens with zero attached hydrogens (tertiary/aromatic N) is 1. The molecule has 13 heavy (non-hydrogen) atoms. The van der Waals surface area contributed by atoms with Crippen molar-refractivity contribution in [3.63, 3.8) is 0 Å². The fraction of sp³-hybridized carbons (Fsp3) is 0.200. The maximum absolute atomic E-state index is 10.3. The molecular formula is C10H10N2O. The molecule has 2 rings (SSSR count). The van der Waals surface area contributed by atoms with Gasteiger partial charge in [-0.15, -0.1) is 0 Å². The monoisotopic (exact) mass is 174 g/mol. The van der Waals surface area contributed by atoms with E-state index in [-0.39, 0.29) is 0 Å². The fourth-order valence-corrected chi connectivity index (χ4v) is 1.53. The van der Waals surface area contributed by atoms with E-state index in [1.807, 2.05) is 19.1 Å². The van der Waals surface area contributed by atoms with Crippen molar-refractivity contribution < 1.29 is 4.79 Å². The maximum Gasteiger partial charge on any atom is 0.124 e. The number of benzene rings is 1. The van der Waals surface area contributed by atoms with Crippen molar-refractivity contribution in [3.8, 4) is 0 Å². The summed E-state index contributed by atoms with van der Waals surface area (Å²) in [4.78, 5) is 10.3. The van der Waals surface area contributed by atoms with E-state index in [0.717, 1.165) is 28.3 Å². The molecule has 0 fully saturated rings. The molecule has 66 valence electrons. The number of nitrogens with one attached hydrogen (secondary N) is 1. The van der Waals surface area contributed by atoms with Crippen LogP contribution in [0, 0.1) is 6.92 Å². The SMILES string of the molecule is Cc1cc(CC=O)cc2cn[nH]c12. The van der Waals surface area contributed by atoms with Gasteiger partial charge in [0, 0.05) is 11.8 Å². The molecule has 1 N–H and O–H groups in total. The van der Waals surface area contributed by atoms with E-state index in [2.05, 4.69) is 10.2 Å². The summed E-state index contributed by atoms with van der Waals surface area (Å²) in [7, 11) is 0. The van der Waals surface area contributed by atoms with Crippen LogP contribution in [-0.4, -0.2) is 16.5 Å². The van der Waals surface area contributed by atoms with Crippen LogP contribution in [0.15, 0.2) is 18.3 Å². The van der Waals surface area contributed by atoms with Crippen molar-refractivity contribution in [1.29, 1.82) is 0 Å². The van der Waals surface area contributed by atoms with Gasteiger partial charge in [0.05, 0.1) is 11.7 Å². The number of H-pyrrole nitrogens is 1. The lowest BCUT2D eigenvalue weighted by Crippen LogP contribution is -1.87. The molecule has 2 aromatic rings. The molecule has 0 unspecified atom stereocenters. The Bertz CT molecular complexity index is 445. The minimum atomic E-state index is 0.474. The lowest BCUT2D eigenvalue weighted by Gasteiger charge is -1.99. The van der Waals surface area contributed by atoms with Crippen molar-refractivity contribution in [2.75, 3.05) is 0 Å². The lowest BCUT2D eigenvalue weighted by atomic mass is 10.1. The third-order valence-corrected chi connectivity index (χ3v) is 2.12. The van der Waals surface area contributed by atoms with Crippen molar-refractivity contribution in [1.82, 2.24) is 10.2 Å². The Morgan fingerprint density at radius 2 is 2.38 bits per heavy atom. The number of fused-ring (bicyclic) bond motifs is 1. The van der Waals surface area contributed by atoms with Crippen LogP contribution in [0.3, 0.4) is 0 Å². The topological polar surface area (TPSA) is 45.8 Å². The summed E-state index contributed by atoms with van der Waals surface area (Å²) in [6.07, 6.45) is 3.17.